The Morgan fingerprint density at radius 3 is 3.13 bits per heavy atom. The van der Waals surface area contributed by atoms with Gasteiger partial charge in [-0.25, -0.2) is 5.43 Å². The maximum Gasteiger partial charge on any atom is 0.245 e. The van der Waals surface area contributed by atoms with Crippen LogP contribution in [0.3, 0.4) is 0 Å². The third-order valence-corrected chi connectivity index (χ3v) is 2.75. The minimum absolute atomic E-state index is 0.107. The first-order valence-electron chi connectivity index (χ1n) is 5.35. The van der Waals surface area contributed by atoms with Crippen molar-refractivity contribution < 1.29 is 4.79 Å². The molecule has 0 radical (unpaired) electrons. The molecule has 0 saturated carbocycles. The van der Waals surface area contributed by atoms with E-state index in [4.69, 9.17) is 0 Å². The van der Waals surface area contributed by atoms with Gasteiger partial charge in [-0.05, 0) is 19.0 Å². The fourth-order valence-electron chi connectivity index (χ4n) is 1.92. The number of nitrogens with zero attached hydrogens (tertiary/aromatic N) is 2. The van der Waals surface area contributed by atoms with Gasteiger partial charge in [-0.3, -0.25) is 4.79 Å². The maximum atomic E-state index is 11.7. The second-order valence-electron chi connectivity index (χ2n) is 4.18. The van der Waals surface area contributed by atoms with Crippen LogP contribution in [0.4, 0.5) is 0 Å². The van der Waals surface area contributed by atoms with Crippen LogP contribution in [0.2, 0.25) is 0 Å². The van der Waals surface area contributed by atoms with Gasteiger partial charge in [-0.2, -0.15) is 0 Å². The third kappa shape index (κ3) is 2.13. The molecule has 0 aliphatic carbocycles. The van der Waals surface area contributed by atoms with E-state index >= 15 is 0 Å². The molecule has 2 rings (SSSR count). The molecule has 0 spiro atoms. The van der Waals surface area contributed by atoms with E-state index < -0.39 is 0 Å². The van der Waals surface area contributed by atoms with Crippen LogP contribution in [0, 0.1) is 0 Å². The summed E-state index contributed by atoms with van der Waals surface area (Å²) in [6, 6.07) is -0.185. The molecule has 5 nitrogen and oxygen atoms in total. The van der Waals surface area contributed by atoms with Gasteiger partial charge in [0.05, 0.1) is 0 Å². The van der Waals surface area contributed by atoms with Crippen molar-refractivity contribution in [1.29, 1.82) is 0 Å². The smallest absolute Gasteiger partial charge is 0.245 e. The molecule has 0 aromatic carbocycles. The third-order valence-electron chi connectivity index (χ3n) is 2.75. The van der Waals surface area contributed by atoms with Gasteiger partial charge in [0.25, 0.3) is 0 Å². The highest BCUT2D eigenvalue weighted by atomic mass is 16.2. The number of amides is 1. The van der Waals surface area contributed by atoms with Gasteiger partial charge in [-0.1, -0.05) is 0 Å². The molecule has 0 aromatic heterocycles. The molecule has 2 heterocycles. The topological polar surface area (TPSA) is 47.6 Å². The van der Waals surface area contributed by atoms with Crippen LogP contribution in [0.25, 0.3) is 0 Å². The standard InChI is InChI=1S/C10H18N4O/c1-13(2)10(15)9-6-8-7-11-4-3-5-14(8)12-9/h6,9,11-12H,3-5,7H2,1-2H3. The van der Waals surface area contributed by atoms with Crippen molar-refractivity contribution in [3.05, 3.63) is 11.8 Å². The van der Waals surface area contributed by atoms with E-state index in [2.05, 4.69) is 15.8 Å². The summed E-state index contributed by atoms with van der Waals surface area (Å²) >= 11 is 0. The molecule has 1 fully saturated rings. The second kappa shape index (κ2) is 4.20. The summed E-state index contributed by atoms with van der Waals surface area (Å²) < 4.78 is 0. The molecular weight excluding hydrogens is 192 g/mol. The van der Waals surface area contributed by atoms with Crippen molar-refractivity contribution in [2.75, 3.05) is 33.7 Å². The van der Waals surface area contributed by atoms with Crippen molar-refractivity contribution in [1.82, 2.24) is 20.7 Å². The average Bonchev–Trinajstić information content (AvgIpc) is 2.49. The highest BCUT2D eigenvalue weighted by molar-refractivity contribution is 5.83. The van der Waals surface area contributed by atoms with Gasteiger partial charge in [-0.15, -0.1) is 0 Å². The molecule has 1 atom stereocenters. The molecule has 1 saturated heterocycles. The van der Waals surface area contributed by atoms with Crippen LogP contribution < -0.4 is 10.7 Å². The summed E-state index contributed by atoms with van der Waals surface area (Å²) in [5.74, 6) is 0.107. The lowest BCUT2D eigenvalue weighted by atomic mass is 10.2. The van der Waals surface area contributed by atoms with Crippen LogP contribution in [-0.4, -0.2) is 55.6 Å². The molecule has 2 aliphatic heterocycles. The number of hydrogen-bond acceptors (Lipinski definition) is 4. The van der Waals surface area contributed by atoms with E-state index in [9.17, 15) is 4.79 Å². The minimum Gasteiger partial charge on any atom is -0.347 e. The summed E-state index contributed by atoms with van der Waals surface area (Å²) in [7, 11) is 3.56. The molecule has 1 unspecified atom stereocenters. The highest BCUT2D eigenvalue weighted by Crippen LogP contribution is 2.14. The SMILES string of the molecule is CN(C)C(=O)C1C=C2CNCCCN2N1. The first kappa shape index (κ1) is 10.4. The first-order chi connectivity index (χ1) is 7.18. The molecule has 2 N–H and O–H groups in total. The summed E-state index contributed by atoms with van der Waals surface area (Å²) in [6.07, 6.45) is 3.12. The van der Waals surface area contributed by atoms with Crippen LogP contribution in [-0.2, 0) is 4.79 Å². The lowest BCUT2D eigenvalue weighted by molar-refractivity contribution is -0.130. The van der Waals surface area contributed by atoms with E-state index in [-0.39, 0.29) is 11.9 Å². The predicted molar refractivity (Wildman–Crippen MR) is 57.9 cm³/mol. The largest absolute Gasteiger partial charge is 0.347 e. The van der Waals surface area contributed by atoms with E-state index in [1.807, 2.05) is 6.08 Å². The second-order valence-corrected chi connectivity index (χ2v) is 4.18. The zero-order valence-electron chi connectivity index (χ0n) is 9.29. The average molecular weight is 210 g/mol. The van der Waals surface area contributed by atoms with Crippen molar-refractivity contribution in [2.24, 2.45) is 0 Å². The Balaban J connectivity index is 2.05. The Morgan fingerprint density at radius 1 is 1.60 bits per heavy atom. The molecular formula is C10H18N4O. The van der Waals surface area contributed by atoms with Crippen molar-refractivity contribution in [3.63, 3.8) is 0 Å². The molecule has 2 aliphatic rings. The van der Waals surface area contributed by atoms with Crippen molar-refractivity contribution in [3.8, 4) is 0 Å². The molecule has 15 heavy (non-hydrogen) atoms. The van der Waals surface area contributed by atoms with Crippen LogP contribution in [0.15, 0.2) is 11.8 Å². The number of carbonyl (C=O) groups is 1. The summed E-state index contributed by atoms with van der Waals surface area (Å²) in [5, 5.41) is 5.42. The Hall–Kier alpha value is -1.07. The molecule has 84 valence electrons. The van der Waals surface area contributed by atoms with E-state index in [0.29, 0.717) is 0 Å². The van der Waals surface area contributed by atoms with Crippen molar-refractivity contribution in [2.45, 2.75) is 12.5 Å². The van der Waals surface area contributed by atoms with Crippen LogP contribution >= 0.6 is 0 Å². The van der Waals surface area contributed by atoms with Gasteiger partial charge in [0, 0.05) is 32.9 Å². The molecule has 0 bridgehead atoms. The van der Waals surface area contributed by atoms with Gasteiger partial charge in [0.2, 0.25) is 5.91 Å². The van der Waals surface area contributed by atoms with E-state index in [1.165, 1.54) is 5.70 Å². The summed E-state index contributed by atoms with van der Waals surface area (Å²) in [6.45, 7) is 2.86. The number of hydrazine groups is 1. The monoisotopic (exact) mass is 210 g/mol. The predicted octanol–water partition coefficient (Wildman–Crippen LogP) is -0.859. The number of likely N-dealkylation sites (N-methyl/N-ethyl adjacent to an activating group) is 1. The van der Waals surface area contributed by atoms with Crippen LogP contribution in [0.1, 0.15) is 6.42 Å². The Labute approximate surface area is 90.1 Å². The number of fused-ring (bicyclic) bond motifs is 1. The molecule has 5 heteroatoms. The number of rotatable bonds is 1. The fourth-order valence-corrected chi connectivity index (χ4v) is 1.92. The van der Waals surface area contributed by atoms with E-state index in [0.717, 1.165) is 26.1 Å². The van der Waals surface area contributed by atoms with Gasteiger partial charge >= 0.3 is 0 Å². The number of hydrogen-bond donors (Lipinski definition) is 2. The maximum absolute atomic E-state index is 11.7. The Bertz CT molecular complexity index is 287. The normalized spacial score (nSPS) is 25.6. The lowest BCUT2D eigenvalue weighted by Gasteiger charge is -2.22. The highest BCUT2D eigenvalue weighted by Gasteiger charge is 2.29. The molecule has 1 amide bonds. The quantitative estimate of drug-likeness (QED) is 0.591. The number of nitrogens with one attached hydrogen (secondary N) is 2. The van der Waals surface area contributed by atoms with Crippen LogP contribution in [0.5, 0.6) is 0 Å². The van der Waals surface area contributed by atoms with Gasteiger partial charge < -0.3 is 15.2 Å². The molecule has 0 aromatic rings. The lowest BCUT2D eigenvalue weighted by Crippen LogP contribution is -2.45. The Morgan fingerprint density at radius 2 is 2.40 bits per heavy atom. The first-order valence-corrected chi connectivity index (χ1v) is 5.35. The minimum atomic E-state index is -0.185. The van der Waals surface area contributed by atoms with Gasteiger partial charge in [0.1, 0.15) is 6.04 Å². The zero-order valence-corrected chi connectivity index (χ0v) is 9.29. The van der Waals surface area contributed by atoms with Crippen molar-refractivity contribution >= 4 is 5.91 Å². The Kier molecular flexibility index (Phi) is 2.93. The zero-order chi connectivity index (χ0) is 10.8. The summed E-state index contributed by atoms with van der Waals surface area (Å²) in [5.41, 5.74) is 4.41. The fraction of sp³-hybridized carbons (Fsp3) is 0.700. The van der Waals surface area contributed by atoms with Gasteiger partial charge in [0.15, 0.2) is 0 Å². The van der Waals surface area contributed by atoms with E-state index in [1.54, 1.807) is 19.0 Å². The summed E-state index contributed by atoms with van der Waals surface area (Å²) in [4.78, 5) is 13.4. The number of carbonyl (C=O) groups excluding carboxylic acids is 1.